The zero-order valence-corrected chi connectivity index (χ0v) is 15.8. The molecule has 6 nitrogen and oxygen atoms in total. The number of rotatable bonds is 5. The minimum absolute atomic E-state index is 0.0987. The Bertz CT molecular complexity index is 474. The Labute approximate surface area is 144 Å². The van der Waals surface area contributed by atoms with E-state index in [1.165, 1.54) is 7.11 Å². The Morgan fingerprint density at radius 3 is 2.00 bits per heavy atom. The van der Waals surface area contributed by atoms with Crippen LogP contribution in [0.4, 0.5) is 0 Å². The van der Waals surface area contributed by atoms with Crippen LogP contribution in [-0.2, 0) is 23.9 Å². The van der Waals surface area contributed by atoms with Gasteiger partial charge in [0, 0.05) is 20.0 Å². The molecular weight excluding hydrogens is 310 g/mol. The van der Waals surface area contributed by atoms with Crippen molar-refractivity contribution in [2.24, 2.45) is 11.3 Å². The third kappa shape index (κ3) is 5.49. The molecule has 0 radical (unpaired) electrons. The molecule has 1 atom stereocenters. The van der Waals surface area contributed by atoms with Crippen molar-refractivity contribution in [2.75, 3.05) is 20.2 Å². The number of carbonyl (C=O) groups excluding carboxylic acids is 3. The third-order valence-corrected chi connectivity index (χ3v) is 4.60. The van der Waals surface area contributed by atoms with Crippen molar-refractivity contribution in [1.82, 2.24) is 4.90 Å². The van der Waals surface area contributed by atoms with Crippen LogP contribution in [0.2, 0.25) is 0 Å². The minimum atomic E-state index is -1.29. The molecule has 0 aliphatic carbocycles. The van der Waals surface area contributed by atoms with E-state index >= 15 is 0 Å². The molecule has 1 aliphatic rings. The van der Waals surface area contributed by atoms with Crippen molar-refractivity contribution in [3.05, 3.63) is 0 Å². The Kier molecular flexibility index (Phi) is 6.81. The summed E-state index contributed by atoms with van der Waals surface area (Å²) in [6.07, 6.45) is 2.91. The summed E-state index contributed by atoms with van der Waals surface area (Å²) >= 11 is 0. The number of carbonyl (C=O) groups is 3. The van der Waals surface area contributed by atoms with Crippen LogP contribution in [0.25, 0.3) is 0 Å². The molecule has 0 N–H and O–H groups in total. The van der Waals surface area contributed by atoms with Gasteiger partial charge in [-0.2, -0.15) is 0 Å². The largest absolute Gasteiger partial charge is 0.468 e. The maximum Gasteiger partial charge on any atom is 0.323 e. The first-order valence-corrected chi connectivity index (χ1v) is 8.57. The van der Waals surface area contributed by atoms with Crippen LogP contribution in [0.3, 0.4) is 0 Å². The van der Waals surface area contributed by atoms with Gasteiger partial charge in [-0.05, 0) is 59.3 Å². The number of likely N-dealkylation sites (tertiary alicyclic amines) is 1. The molecule has 1 amide bonds. The molecule has 1 aliphatic heterocycles. The molecule has 1 fully saturated rings. The first-order chi connectivity index (χ1) is 11.0. The fraction of sp³-hybridized carbons (Fsp3) is 0.833. The van der Waals surface area contributed by atoms with E-state index in [2.05, 4.69) is 0 Å². The van der Waals surface area contributed by atoms with Crippen molar-refractivity contribution < 1.29 is 23.9 Å². The van der Waals surface area contributed by atoms with Gasteiger partial charge in [-0.15, -0.1) is 0 Å². The lowest BCUT2D eigenvalue weighted by molar-refractivity contribution is -0.177. The summed E-state index contributed by atoms with van der Waals surface area (Å²) in [7, 11) is 1.29. The van der Waals surface area contributed by atoms with Crippen molar-refractivity contribution in [2.45, 2.75) is 65.9 Å². The summed E-state index contributed by atoms with van der Waals surface area (Å²) in [5, 5.41) is 0. The first-order valence-electron chi connectivity index (χ1n) is 8.57. The number of hydrogen-bond donors (Lipinski definition) is 0. The average Bonchev–Trinajstić information content (AvgIpc) is 2.50. The monoisotopic (exact) mass is 341 g/mol. The molecular formula is C18H31NO5. The molecule has 1 saturated heterocycles. The van der Waals surface area contributed by atoms with E-state index in [0.29, 0.717) is 12.3 Å². The van der Waals surface area contributed by atoms with Gasteiger partial charge >= 0.3 is 11.9 Å². The molecule has 1 heterocycles. The third-order valence-electron chi connectivity index (χ3n) is 4.60. The molecule has 0 aromatic carbocycles. The quantitative estimate of drug-likeness (QED) is 0.567. The summed E-state index contributed by atoms with van der Waals surface area (Å²) in [6, 6.07) is 0. The van der Waals surface area contributed by atoms with Crippen LogP contribution >= 0.6 is 0 Å². The number of nitrogens with zero attached hydrogens (tertiary/aromatic N) is 1. The lowest BCUT2D eigenvalue weighted by Crippen LogP contribution is -2.43. The Morgan fingerprint density at radius 2 is 1.58 bits per heavy atom. The highest BCUT2D eigenvalue weighted by atomic mass is 16.6. The number of methoxy groups -OCH3 is 1. The van der Waals surface area contributed by atoms with Crippen LogP contribution < -0.4 is 0 Å². The molecule has 24 heavy (non-hydrogen) atoms. The van der Waals surface area contributed by atoms with Gasteiger partial charge in [-0.25, -0.2) is 0 Å². The van der Waals surface area contributed by atoms with Gasteiger partial charge in [0.15, 0.2) is 5.41 Å². The topological polar surface area (TPSA) is 72.9 Å². The highest BCUT2D eigenvalue weighted by Crippen LogP contribution is 2.33. The smallest absolute Gasteiger partial charge is 0.323 e. The van der Waals surface area contributed by atoms with E-state index in [1.807, 2.05) is 4.90 Å². The molecule has 6 heteroatoms. The van der Waals surface area contributed by atoms with E-state index in [1.54, 1.807) is 34.6 Å². The Hall–Kier alpha value is -1.59. The maximum atomic E-state index is 12.5. The molecule has 0 aromatic rings. The summed E-state index contributed by atoms with van der Waals surface area (Å²) in [5.41, 5.74) is -1.95. The molecule has 0 aromatic heterocycles. The van der Waals surface area contributed by atoms with Gasteiger partial charge in [0.25, 0.3) is 0 Å². The van der Waals surface area contributed by atoms with Gasteiger partial charge in [0.2, 0.25) is 5.91 Å². The van der Waals surface area contributed by atoms with Gasteiger partial charge in [0.05, 0.1) is 7.11 Å². The standard InChI is InChI=1S/C18H31NO5/c1-13(20)19-11-8-14(9-12-19)7-10-18(5,15(21)23-6)16(22)24-17(2,3)4/h14H,7-12H2,1-6H3. The lowest BCUT2D eigenvalue weighted by Gasteiger charge is -2.34. The van der Waals surface area contributed by atoms with Crippen LogP contribution in [0.15, 0.2) is 0 Å². The highest BCUT2D eigenvalue weighted by molar-refractivity contribution is 5.99. The fourth-order valence-electron chi connectivity index (χ4n) is 2.93. The van der Waals surface area contributed by atoms with Gasteiger partial charge in [0.1, 0.15) is 5.60 Å². The summed E-state index contributed by atoms with van der Waals surface area (Å²) < 4.78 is 10.3. The highest BCUT2D eigenvalue weighted by Gasteiger charge is 2.45. The second-order valence-corrected chi connectivity index (χ2v) is 7.81. The second-order valence-electron chi connectivity index (χ2n) is 7.81. The molecule has 1 unspecified atom stereocenters. The zero-order valence-electron chi connectivity index (χ0n) is 15.8. The van der Waals surface area contributed by atoms with Crippen molar-refractivity contribution >= 4 is 17.8 Å². The second kappa shape index (κ2) is 7.99. The number of amides is 1. The summed E-state index contributed by atoms with van der Waals surface area (Å²) in [4.78, 5) is 37.9. The summed E-state index contributed by atoms with van der Waals surface area (Å²) in [6.45, 7) is 9.98. The van der Waals surface area contributed by atoms with Crippen LogP contribution in [0.1, 0.15) is 60.3 Å². The first kappa shape index (κ1) is 20.5. The SMILES string of the molecule is COC(=O)C(C)(CCC1CCN(C(C)=O)CC1)C(=O)OC(C)(C)C. The van der Waals surface area contributed by atoms with E-state index in [9.17, 15) is 14.4 Å². The Morgan fingerprint density at radius 1 is 1.04 bits per heavy atom. The van der Waals surface area contributed by atoms with Crippen LogP contribution in [-0.4, -0.2) is 48.5 Å². The van der Waals surface area contributed by atoms with Crippen LogP contribution in [0, 0.1) is 11.3 Å². The average molecular weight is 341 g/mol. The number of hydrogen-bond acceptors (Lipinski definition) is 5. The van der Waals surface area contributed by atoms with Crippen LogP contribution in [0.5, 0.6) is 0 Å². The predicted molar refractivity (Wildman–Crippen MR) is 90.2 cm³/mol. The van der Waals surface area contributed by atoms with Gasteiger partial charge < -0.3 is 14.4 Å². The van der Waals surface area contributed by atoms with Gasteiger partial charge in [-0.1, -0.05) is 0 Å². The van der Waals surface area contributed by atoms with E-state index in [4.69, 9.17) is 9.47 Å². The lowest BCUT2D eigenvalue weighted by atomic mass is 9.80. The number of esters is 2. The number of piperidine rings is 1. The van der Waals surface area contributed by atoms with E-state index < -0.39 is 23.0 Å². The molecule has 0 bridgehead atoms. The molecule has 138 valence electrons. The minimum Gasteiger partial charge on any atom is -0.468 e. The molecule has 1 rings (SSSR count). The number of ether oxygens (including phenoxy) is 2. The van der Waals surface area contributed by atoms with E-state index in [0.717, 1.165) is 32.4 Å². The predicted octanol–water partition coefficient (Wildman–Crippen LogP) is 2.55. The summed E-state index contributed by atoms with van der Waals surface area (Å²) in [5.74, 6) is -0.602. The van der Waals surface area contributed by atoms with Gasteiger partial charge in [-0.3, -0.25) is 14.4 Å². The molecule has 0 saturated carbocycles. The fourth-order valence-corrected chi connectivity index (χ4v) is 2.93. The maximum absolute atomic E-state index is 12.5. The van der Waals surface area contributed by atoms with Crippen molar-refractivity contribution in [1.29, 1.82) is 0 Å². The van der Waals surface area contributed by atoms with Crippen molar-refractivity contribution in [3.8, 4) is 0 Å². The van der Waals surface area contributed by atoms with E-state index in [-0.39, 0.29) is 5.91 Å². The molecule has 0 spiro atoms. The normalized spacial score (nSPS) is 18.7. The Balaban J connectivity index is 2.69. The zero-order chi connectivity index (χ0) is 18.5. The van der Waals surface area contributed by atoms with Crippen molar-refractivity contribution in [3.63, 3.8) is 0 Å².